The van der Waals surface area contributed by atoms with Gasteiger partial charge in [0.1, 0.15) is 0 Å². The van der Waals surface area contributed by atoms with Crippen molar-refractivity contribution in [1.29, 1.82) is 0 Å². The zero-order valence-corrected chi connectivity index (χ0v) is 16.1. The second-order valence-electron chi connectivity index (χ2n) is 5.22. The summed E-state index contributed by atoms with van der Waals surface area (Å²) >= 11 is 9.03. The van der Waals surface area contributed by atoms with Crippen LogP contribution < -0.4 is 5.43 Å². The Kier molecular flexibility index (Phi) is 6.23. The van der Waals surface area contributed by atoms with E-state index in [9.17, 15) is 14.9 Å². The van der Waals surface area contributed by atoms with Crippen molar-refractivity contribution in [3.05, 3.63) is 86.2 Å². The second-order valence-corrected chi connectivity index (χ2v) is 8.14. The van der Waals surface area contributed by atoms with Crippen LogP contribution in [0.4, 0.5) is 5.69 Å². The van der Waals surface area contributed by atoms with Gasteiger partial charge in [0.05, 0.1) is 15.3 Å². The highest BCUT2D eigenvalue weighted by Gasteiger charge is 2.08. The Balaban J connectivity index is 1.56. The maximum atomic E-state index is 12.0. The Labute approximate surface area is 168 Å². The number of benzene rings is 2. The van der Waals surface area contributed by atoms with Crippen LogP contribution in [0.25, 0.3) is 0 Å². The van der Waals surface area contributed by atoms with Crippen molar-refractivity contribution in [2.24, 2.45) is 5.10 Å². The highest BCUT2D eigenvalue weighted by atomic mass is 35.5. The van der Waals surface area contributed by atoms with Crippen molar-refractivity contribution in [1.82, 2.24) is 5.43 Å². The second kappa shape index (κ2) is 8.81. The van der Waals surface area contributed by atoms with Crippen LogP contribution in [0.3, 0.4) is 0 Å². The quantitative estimate of drug-likeness (QED) is 0.338. The summed E-state index contributed by atoms with van der Waals surface area (Å²) in [5.41, 5.74) is 2.63. The van der Waals surface area contributed by atoms with Gasteiger partial charge in [-0.3, -0.25) is 14.9 Å². The number of nitrogens with one attached hydrogen (secondary N) is 1. The molecule has 0 aliphatic heterocycles. The third kappa shape index (κ3) is 5.40. The van der Waals surface area contributed by atoms with Crippen LogP contribution in [0.2, 0.25) is 5.02 Å². The van der Waals surface area contributed by atoms with Crippen molar-refractivity contribution in [2.75, 3.05) is 0 Å². The van der Waals surface area contributed by atoms with Gasteiger partial charge >= 0.3 is 0 Å². The molecule has 1 heterocycles. The smallest absolute Gasteiger partial charge is 0.267 e. The van der Waals surface area contributed by atoms with E-state index in [0.717, 1.165) is 14.0 Å². The third-order valence-corrected chi connectivity index (χ3v) is 5.74. The molecule has 0 bridgehead atoms. The molecule has 3 aromatic rings. The lowest BCUT2D eigenvalue weighted by Gasteiger charge is -1.99. The minimum Gasteiger partial charge on any atom is -0.267 e. The lowest BCUT2D eigenvalue weighted by Crippen LogP contribution is -2.17. The van der Waals surface area contributed by atoms with Crippen LogP contribution in [0.1, 0.15) is 15.2 Å². The SMILES string of the molecule is O=C(N/N=C\c1ccc(Sc2ccc(Cl)cc2)s1)c1ccc([N+](=O)[O-])cc1. The number of non-ortho nitro benzene ring substituents is 1. The summed E-state index contributed by atoms with van der Waals surface area (Å²) in [4.78, 5) is 24.0. The van der Waals surface area contributed by atoms with Gasteiger partial charge in [0.15, 0.2) is 0 Å². The maximum absolute atomic E-state index is 12.0. The molecular weight excluding hydrogens is 406 g/mol. The van der Waals surface area contributed by atoms with Gasteiger partial charge < -0.3 is 0 Å². The molecule has 0 radical (unpaired) electrons. The third-order valence-electron chi connectivity index (χ3n) is 3.33. The molecule has 0 aliphatic carbocycles. The molecule has 1 amide bonds. The number of amides is 1. The van der Waals surface area contributed by atoms with E-state index in [2.05, 4.69) is 10.5 Å². The van der Waals surface area contributed by atoms with E-state index in [1.54, 1.807) is 18.0 Å². The van der Waals surface area contributed by atoms with E-state index >= 15 is 0 Å². The predicted molar refractivity (Wildman–Crippen MR) is 108 cm³/mol. The number of carbonyl (C=O) groups excluding carboxylic acids is 1. The molecule has 136 valence electrons. The fourth-order valence-corrected chi connectivity index (χ4v) is 4.15. The monoisotopic (exact) mass is 417 g/mol. The number of nitro groups is 1. The number of thiophene rings is 1. The highest BCUT2D eigenvalue weighted by molar-refractivity contribution is 8.01. The average Bonchev–Trinajstić information content (AvgIpc) is 3.11. The molecule has 0 spiro atoms. The molecule has 1 aromatic heterocycles. The number of hydrogen-bond acceptors (Lipinski definition) is 6. The van der Waals surface area contributed by atoms with Crippen LogP contribution in [-0.2, 0) is 0 Å². The summed E-state index contributed by atoms with van der Waals surface area (Å²) in [6.07, 6.45) is 1.56. The number of hydrogen-bond donors (Lipinski definition) is 1. The first kappa shape index (κ1) is 19.1. The minimum atomic E-state index is -0.518. The molecule has 27 heavy (non-hydrogen) atoms. The van der Waals surface area contributed by atoms with Gasteiger partial charge in [-0.25, -0.2) is 5.43 Å². The van der Waals surface area contributed by atoms with Gasteiger partial charge in [0.25, 0.3) is 11.6 Å². The molecule has 0 unspecified atom stereocenters. The van der Waals surface area contributed by atoms with Crippen molar-refractivity contribution in [2.45, 2.75) is 9.10 Å². The van der Waals surface area contributed by atoms with Gasteiger partial charge in [-0.1, -0.05) is 23.4 Å². The molecule has 6 nitrogen and oxygen atoms in total. The van der Waals surface area contributed by atoms with Gasteiger partial charge in [0.2, 0.25) is 0 Å². The Bertz CT molecular complexity index is 986. The summed E-state index contributed by atoms with van der Waals surface area (Å²) in [5.74, 6) is -0.437. The number of halogens is 1. The first-order valence-electron chi connectivity index (χ1n) is 7.62. The summed E-state index contributed by atoms with van der Waals surface area (Å²) < 4.78 is 1.08. The van der Waals surface area contributed by atoms with Crippen molar-refractivity contribution < 1.29 is 9.72 Å². The van der Waals surface area contributed by atoms with Crippen LogP contribution in [0.5, 0.6) is 0 Å². The fraction of sp³-hybridized carbons (Fsp3) is 0. The van der Waals surface area contributed by atoms with Gasteiger partial charge in [0, 0.05) is 32.5 Å². The minimum absolute atomic E-state index is 0.0700. The van der Waals surface area contributed by atoms with E-state index in [4.69, 9.17) is 11.6 Å². The summed E-state index contributed by atoms with van der Waals surface area (Å²) in [7, 11) is 0. The zero-order chi connectivity index (χ0) is 19.2. The van der Waals surface area contributed by atoms with Crippen molar-refractivity contribution in [3.63, 3.8) is 0 Å². The molecule has 1 N–H and O–H groups in total. The maximum Gasteiger partial charge on any atom is 0.271 e. The molecule has 0 saturated carbocycles. The largest absolute Gasteiger partial charge is 0.271 e. The Morgan fingerprint density at radius 1 is 1.11 bits per heavy atom. The van der Waals surface area contributed by atoms with Crippen molar-refractivity contribution >= 4 is 52.5 Å². The lowest BCUT2D eigenvalue weighted by atomic mass is 10.2. The molecule has 0 saturated heterocycles. The number of hydrazone groups is 1. The molecule has 2 aromatic carbocycles. The number of nitro benzene ring substituents is 1. The van der Waals surface area contributed by atoms with E-state index in [1.165, 1.54) is 35.6 Å². The highest BCUT2D eigenvalue weighted by Crippen LogP contribution is 2.33. The Hall–Kier alpha value is -2.68. The van der Waals surface area contributed by atoms with E-state index < -0.39 is 10.8 Å². The fourth-order valence-electron chi connectivity index (χ4n) is 2.03. The Morgan fingerprint density at radius 2 is 1.81 bits per heavy atom. The van der Waals surface area contributed by atoms with E-state index in [0.29, 0.717) is 10.6 Å². The normalized spacial score (nSPS) is 10.9. The van der Waals surface area contributed by atoms with Crippen LogP contribution in [0, 0.1) is 10.1 Å². The summed E-state index contributed by atoms with van der Waals surface area (Å²) in [6, 6.07) is 16.8. The topological polar surface area (TPSA) is 84.6 Å². The molecular formula is C18H12ClN3O3S2. The van der Waals surface area contributed by atoms with Crippen LogP contribution in [0.15, 0.2) is 74.9 Å². The van der Waals surface area contributed by atoms with Crippen LogP contribution >= 0.6 is 34.7 Å². The number of carbonyl (C=O) groups is 1. The Morgan fingerprint density at radius 3 is 2.48 bits per heavy atom. The summed E-state index contributed by atoms with van der Waals surface area (Å²) in [5, 5.41) is 15.2. The van der Waals surface area contributed by atoms with Gasteiger partial charge in [-0.2, -0.15) is 5.10 Å². The predicted octanol–water partition coefficient (Wildman–Crippen LogP) is 5.22. The van der Waals surface area contributed by atoms with Crippen LogP contribution in [-0.4, -0.2) is 17.0 Å². The molecule has 0 fully saturated rings. The molecule has 3 rings (SSSR count). The number of nitrogens with zero attached hydrogens (tertiary/aromatic N) is 2. The first-order chi connectivity index (χ1) is 13.0. The molecule has 0 aliphatic rings. The van der Waals surface area contributed by atoms with Crippen molar-refractivity contribution in [3.8, 4) is 0 Å². The zero-order valence-electron chi connectivity index (χ0n) is 13.7. The lowest BCUT2D eigenvalue weighted by molar-refractivity contribution is -0.384. The van der Waals surface area contributed by atoms with E-state index in [-0.39, 0.29) is 5.69 Å². The van der Waals surface area contributed by atoms with Gasteiger partial charge in [-0.15, -0.1) is 11.3 Å². The molecule has 0 atom stereocenters. The summed E-state index contributed by atoms with van der Waals surface area (Å²) in [6.45, 7) is 0. The van der Waals surface area contributed by atoms with Gasteiger partial charge in [-0.05, 0) is 48.5 Å². The standard InChI is InChI=1S/C18H12ClN3O3S2/c19-13-3-7-15(8-4-13)26-17-10-9-16(27-17)11-20-21-18(23)12-1-5-14(6-2-12)22(24)25/h1-11H,(H,21,23)/b20-11-. The van der Waals surface area contributed by atoms with E-state index in [1.807, 2.05) is 36.4 Å². The average molecular weight is 418 g/mol. The first-order valence-corrected chi connectivity index (χ1v) is 9.63. The number of rotatable bonds is 6. The molecule has 9 heteroatoms.